The Labute approximate surface area is 101 Å². The lowest BCUT2D eigenvalue weighted by molar-refractivity contribution is 0.958. The van der Waals surface area contributed by atoms with E-state index >= 15 is 0 Å². The third kappa shape index (κ3) is 3.00. The van der Waals surface area contributed by atoms with Gasteiger partial charge in [0.05, 0.1) is 12.2 Å². The van der Waals surface area contributed by atoms with Gasteiger partial charge >= 0.3 is 0 Å². The van der Waals surface area contributed by atoms with Gasteiger partial charge in [-0.05, 0) is 25.0 Å². The minimum absolute atomic E-state index is 0.695. The standard InChI is InChI=1S/C13H16N4/c1-3-11-5-4-6-14-12(11)8-15-13-7-10(2)16-9-17-13/h4-7,9H,3,8H2,1-2H3,(H,15,16,17). The average Bonchev–Trinajstić information content (AvgIpc) is 2.37. The number of hydrogen-bond donors (Lipinski definition) is 1. The van der Waals surface area contributed by atoms with Crippen molar-refractivity contribution in [1.29, 1.82) is 0 Å². The van der Waals surface area contributed by atoms with Crippen LogP contribution in [-0.2, 0) is 13.0 Å². The molecule has 0 fully saturated rings. The van der Waals surface area contributed by atoms with Crippen LogP contribution < -0.4 is 5.32 Å². The predicted molar refractivity (Wildman–Crippen MR) is 67.7 cm³/mol. The van der Waals surface area contributed by atoms with Gasteiger partial charge in [-0.15, -0.1) is 0 Å². The number of rotatable bonds is 4. The number of hydrogen-bond acceptors (Lipinski definition) is 4. The Morgan fingerprint density at radius 1 is 1.24 bits per heavy atom. The number of anilines is 1. The summed E-state index contributed by atoms with van der Waals surface area (Å²) in [6, 6.07) is 6.00. The summed E-state index contributed by atoms with van der Waals surface area (Å²) in [5, 5.41) is 3.26. The van der Waals surface area contributed by atoms with E-state index in [9.17, 15) is 0 Å². The Bertz CT molecular complexity index is 496. The maximum atomic E-state index is 4.38. The van der Waals surface area contributed by atoms with E-state index in [1.165, 1.54) is 5.56 Å². The minimum atomic E-state index is 0.695. The number of aryl methyl sites for hydroxylation is 2. The van der Waals surface area contributed by atoms with Crippen molar-refractivity contribution in [3.05, 3.63) is 47.7 Å². The van der Waals surface area contributed by atoms with Crippen molar-refractivity contribution in [3.63, 3.8) is 0 Å². The molecule has 2 aromatic heterocycles. The molecule has 17 heavy (non-hydrogen) atoms. The topological polar surface area (TPSA) is 50.7 Å². The highest BCUT2D eigenvalue weighted by molar-refractivity contribution is 5.35. The normalized spacial score (nSPS) is 10.2. The molecule has 1 N–H and O–H groups in total. The fraction of sp³-hybridized carbons (Fsp3) is 0.308. The molecule has 0 amide bonds. The van der Waals surface area contributed by atoms with Gasteiger partial charge in [-0.2, -0.15) is 0 Å². The second-order valence-corrected chi connectivity index (χ2v) is 3.86. The zero-order valence-corrected chi connectivity index (χ0v) is 10.1. The molecule has 88 valence electrons. The first-order valence-corrected chi connectivity index (χ1v) is 5.75. The molecule has 2 aromatic rings. The van der Waals surface area contributed by atoms with Gasteiger partial charge in [0.15, 0.2) is 0 Å². The fourth-order valence-electron chi connectivity index (χ4n) is 1.68. The summed E-state index contributed by atoms with van der Waals surface area (Å²) >= 11 is 0. The molecule has 0 aliphatic rings. The first kappa shape index (κ1) is 11.5. The molecule has 0 aromatic carbocycles. The highest BCUT2D eigenvalue weighted by Gasteiger charge is 2.01. The van der Waals surface area contributed by atoms with Gasteiger partial charge in [-0.3, -0.25) is 4.98 Å². The molecule has 0 aliphatic carbocycles. The second kappa shape index (κ2) is 5.39. The van der Waals surface area contributed by atoms with E-state index < -0.39 is 0 Å². The molecule has 2 heterocycles. The lowest BCUT2D eigenvalue weighted by Gasteiger charge is -2.08. The molecule has 0 saturated heterocycles. The minimum Gasteiger partial charge on any atom is -0.364 e. The largest absolute Gasteiger partial charge is 0.364 e. The van der Waals surface area contributed by atoms with Crippen LogP contribution in [0.1, 0.15) is 23.9 Å². The zero-order chi connectivity index (χ0) is 12.1. The third-order valence-corrected chi connectivity index (χ3v) is 2.61. The number of aromatic nitrogens is 3. The van der Waals surface area contributed by atoms with E-state index in [2.05, 4.69) is 33.3 Å². The van der Waals surface area contributed by atoms with E-state index in [1.54, 1.807) is 6.33 Å². The van der Waals surface area contributed by atoms with Gasteiger partial charge in [0.2, 0.25) is 0 Å². The molecule has 0 atom stereocenters. The quantitative estimate of drug-likeness (QED) is 0.872. The van der Waals surface area contributed by atoms with Crippen LogP contribution in [0, 0.1) is 6.92 Å². The molecule has 2 rings (SSSR count). The molecular formula is C13H16N4. The summed E-state index contributed by atoms with van der Waals surface area (Å²) in [6.45, 7) is 4.78. The van der Waals surface area contributed by atoms with Crippen molar-refractivity contribution in [1.82, 2.24) is 15.0 Å². The highest BCUT2D eigenvalue weighted by atomic mass is 15.0. The van der Waals surface area contributed by atoms with Gasteiger partial charge in [0, 0.05) is 18.0 Å². The molecule has 0 radical (unpaired) electrons. The van der Waals surface area contributed by atoms with Gasteiger partial charge in [0.25, 0.3) is 0 Å². The second-order valence-electron chi connectivity index (χ2n) is 3.86. The maximum Gasteiger partial charge on any atom is 0.129 e. The Morgan fingerprint density at radius 2 is 2.12 bits per heavy atom. The maximum absolute atomic E-state index is 4.38. The summed E-state index contributed by atoms with van der Waals surface area (Å²) < 4.78 is 0. The third-order valence-electron chi connectivity index (χ3n) is 2.61. The number of nitrogens with one attached hydrogen (secondary N) is 1. The molecule has 0 aliphatic heterocycles. The first-order chi connectivity index (χ1) is 8.29. The van der Waals surface area contributed by atoms with Crippen LogP contribution in [0.2, 0.25) is 0 Å². The van der Waals surface area contributed by atoms with Crippen molar-refractivity contribution in [3.8, 4) is 0 Å². The van der Waals surface area contributed by atoms with E-state index in [4.69, 9.17) is 0 Å². The van der Waals surface area contributed by atoms with Gasteiger partial charge < -0.3 is 5.32 Å². The molecule has 0 unspecified atom stereocenters. The van der Waals surface area contributed by atoms with E-state index in [0.717, 1.165) is 23.6 Å². The summed E-state index contributed by atoms with van der Waals surface area (Å²) in [4.78, 5) is 12.6. The van der Waals surface area contributed by atoms with Crippen LogP contribution in [-0.4, -0.2) is 15.0 Å². The average molecular weight is 228 g/mol. The van der Waals surface area contributed by atoms with E-state index in [1.807, 2.05) is 25.3 Å². The van der Waals surface area contributed by atoms with Crippen molar-refractivity contribution in [2.24, 2.45) is 0 Å². The summed E-state index contributed by atoms with van der Waals surface area (Å²) in [5.41, 5.74) is 3.30. The van der Waals surface area contributed by atoms with Gasteiger partial charge in [-0.25, -0.2) is 9.97 Å². The molecule has 0 saturated carbocycles. The van der Waals surface area contributed by atoms with Crippen LogP contribution in [0.25, 0.3) is 0 Å². The van der Waals surface area contributed by atoms with E-state index in [-0.39, 0.29) is 0 Å². The zero-order valence-electron chi connectivity index (χ0n) is 10.1. The van der Waals surface area contributed by atoms with Crippen molar-refractivity contribution >= 4 is 5.82 Å². The molecular weight excluding hydrogens is 212 g/mol. The fourth-order valence-corrected chi connectivity index (χ4v) is 1.68. The molecule has 4 nitrogen and oxygen atoms in total. The van der Waals surface area contributed by atoms with Gasteiger partial charge in [0.1, 0.15) is 12.1 Å². The SMILES string of the molecule is CCc1cccnc1CNc1cc(C)ncn1. The lowest BCUT2D eigenvalue weighted by Crippen LogP contribution is -2.06. The predicted octanol–water partition coefficient (Wildman–Crippen LogP) is 2.35. The van der Waals surface area contributed by atoms with Crippen LogP contribution in [0.3, 0.4) is 0 Å². The van der Waals surface area contributed by atoms with Crippen LogP contribution in [0.5, 0.6) is 0 Å². The van der Waals surface area contributed by atoms with Crippen LogP contribution >= 0.6 is 0 Å². The Morgan fingerprint density at radius 3 is 2.88 bits per heavy atom. The van der Waals surface area contributed by atoms with Crippen LogP contribution in [0.4, 0.5) is 5.82 Å². The number of pyridine rings is 1. The Hall–Kier alpha value is -1.97. The van der Waals surface area contributed by atoms with Crippen molar-refractivity contribution in [2.75, 3.05) is 5.32 Å². The molecule has 4 heteroatoms. The van der Waals surface area contributed by atoms with Crippen molar-refractivity contribution < 1.29 is 0 Å². The van der Waals surface area contributed by atoms with Crippen molar-refractivity contribution in [2.45, 2.75) is 26.8 Å². The summed E-state index contributed by atoms with van der Waals surface area (Å²) in [6.07, 6.45) is 4.38. The summed E-state index contributed by atoms with van der Waals surface area (Å²) in [7, 11) is 0. The Kier molecular flexibility index (Phi) is 3.65. The molecule has 0 bridgehead atoms. The summed E-state index contributed by atoms with van der Waals surface area (Å²) in [5.74, 6) is 0.838. The van der Waals surface area contributed by atoms with Gasteiger partial charge in [-0.1, -0.05) is 13.0 Å². The smallest absolute Gasteiger partial charge is 0.129 e. The van der Waals surface area contributed by atoms with Crippen LogP contribution in [0.15, 0.2) is 30.7 Å². The lowest BCUT2D eigenvalue weighted by atomic mass is 10.1. The first-order valence-electron chi connectivity index (χ1n) is 5.75. The molecule has 0 spiro atoms. The highest BCUT2D eigenvalue weighted by Crippen LogP contribution is 2.09. The monoisotopic (exact) mass is 228 g/mol. The number of nitrogens with zero attached hydrogens (tertiary/aromatic N) is 3. The Balaban J connectivity index is 2.07. The van der Waals surface area contributed by atoms with E-state index in [0.29, 0.717) is 6.54 Å².